The van der Waals surface area contributed by atoms with Crippen molar-refractivity contribution in [3.63, 3.8) is 0 Å². The molecular formula is C15H17ClFN3. The van der Waals surface area contributed by atoms with Gasteiger partial charge in [0.25, 0.3) is 0 Å². The fourth-order valence-corrected chi connectivity index (χ4v) is 2.23. The first-order chi connectivity index (χ1) is 9.49. The van der Waals surface area contributed by atoms with Crippen molar-refractivity contribution in [1.82, 2.24) is 0 Å². The van der Waals surface area contributed by atoms with Crippen LogP contribution in [0.2, 0.25) is 5.02 Å². The minimum Gasteiger partial charge on any atom is -0.397 e. The van der Waals surface area contributed by atoms with Crippen molar-refractivity contribution in [2.45, 2.75) is 19.4 Å². The van der Waals surface area contributed by atoms with E-state index in [9.17, 15) is 4.39 Å². The lowest BCUT2D eigenvalue weighted by molar-refractivity contribution is 0.627. The molecule has 3 nitrogen and oxygen atoms in total. The number of hydrogen-bond donors (Lipinski definition) is 3. The van der Waals surface area contributed by atoms with Crippen molar-refractivity contribution in [3.8, 4) is 0 Å². The van der Waals surface area contributed by atoms with Gasteiger partial charge in [0.05, 0.1) is 17.1 Å². The Morgan fingerprint density at radius 1 is 1.20 bits per heavy atom. The van der Waals surface area contributed by atoms with E-state index in [0.29, 0.717) is 0 Å². The summed E-state index contributed by atoms with van der Waals surface area (Å²) in [7, 11) is 0. The number of rotatable bonds is 4. The van der Waals surface area contributed by atoms with Crippen LogP contribution in [0.15, 0.2) is 36.4 Å². The highest BCUT2D eigenvalue weighted by molar-refractivity contribution is 6.33. The van der Waals surface area contributed by atoms with Gasteiger partial charge in [0.2, 0.25) is 0 Å². The van der Waals surface area contributed by atoms with E-state index in [2.05, 4.69) is 5.32 Å². The molecule has 0 aliphatic rings. The van der Waals surface area contributed by atoms with E-state index in [1.807, 2.05) is 37.3 Å². The Hall–Kier alpha value is -1.94. The van der Waals surface area contributed by atoms with Crippen LogP contribution in [0.1, 0.15) is 12.5 Å². The van der Waals surface area contributed by atoms with E-state index in [-0.39, 0.29) is 28.1 Å². The van der Waals surface area contributed by atoms with Crippen molar-refractivity contribution < 1.29 is 4.39 Å². The molecule has 2 rings (SSSR count). The quantitative estimate of drug-likeness (QED) is 0.753. The number of benzene rings is 2. The third kappa shape index (κ3) is 3.14. The summed E-state index contributed by atoms with van der Waals surface area (Å²) in [6.07, 6.45) is 0.752. The predicted molar refractivity (Wildman–Crippen MR) is 83.5 cm³/mol. The second-order valence-electron chi connectivity index (χ2n) is 4.79. The van der Waals surface area contributed by atoms with Crippen molar-refractivity contribution in [3.05, 3.63) is 52.8 Å². The molecule has 0 saturated heterocycles. The van der Waals surface area contributed by atoms with Gasteiger partial charge in [-0.25, -0.2) is 4.39 Å². The molecule has 1 unspecified atom stereocenters. The van der Waals surface area contributed by atoms with Gasteiger partial charge < -0.3 is 16.8 Å². The molecular weight excluding hydrogens is 277 g/mol. The van der Waals surface area contributed by atoms with E-state index in [0.717, 1.165) is 12.0 Å². The topological polar surface area (TPSA) is 64.1 Å². The molecule has 5 N–H and O–H groups in total. The average Bonchev–Trinajstić information content (AvgIpc) is 2.42. The first-order valence-electron chi connectivity index (χ1n) is 6.32. The number of nitrogen functional groups attached to an aromatic ring is 2. The zero-order valence-electron chi connectivity index (χ0n) is 11.2. The number of halogens is 2. The highest BCUT2D eigenvalue weighted by atomic mass is 35.5. The summed E-state index contributed by atoms with van der Waals surface area (Å²) >= 11 is 5.80. The molecule has 2 aromatic rings. The smallest absolute Gasteiger partial charge is 0.169 e. The second-order valence-corrected chi connectivity index (χ2v) is 5.17. The molecule has 2 aromatic carbocycles. The molecule has 20 heavy (non-hydrogen) atoms. The van der Waals surface area contributed by atoms with E-state index >= 15 is 0 Å². The molecule has 0 saturated carbocycles. The van der Waals surface area contributed by atoms with E-state index in [4.69, 9.17) is 23.1 Å². The van der Waals surface area contributed by atoms with Crippen LogP contribution < -0.4 is 16.8 Å². The maximum absolute atomic E-state index is 14.1. The van der Waals surface area contributed by atoms with Crippen LogP contribution in [0.25, 0.3) is 0 Å². The molecule has 0 radical (unpaired) electrons. The molecule has 0 amide bonds. The van der Waals surface area contributed by atoms with Gasteiger partial charge in [0, 0.05) is 6.04 Å². The lowest BCUT2D eigenvalue weighted by Gasteiger charge is -2.18. The van der Waals surface area contributed by atoms with Crippen molar-refractivity contribution in [2.75, 3.05) is 16.8 Å². The number of nitrogens with two attached hydrogens (primary N) is 2. The lowest BCUT2D eigenvalue weighted by atomic mass is 10.1. The third-order valence-corrected chi connectivity index (χ3v) is 3.42. The van der Waals surface area contributed by atoms with Crippen LogP contribution in [-0.2, 0) is 6.42 Å². The van der Waals surface area contributed by atoms with E-state index < -0.39 is 5.82 Å². The van der Waals surface area contributed by atoms with Gasteiger partial charge in [-0.2, -0.15) is 0 Å². The Balaban J connectivity index is 2.16. The van der Waals surface area contributed by atoms with Crippen LogP contribution in [0.3, 0.4) is 0 Å². The van der Waals surface area contributed by atoms with Gasteiger partial charge in [-0.05, 0) is 25.0 Å². The zero-order valence-corrected chi connectivity index (χ0v) is 11.9. The highest BCUT2D eigenvalue weighted by Gasteiger charge is 2.16. The van der Waals surface area contributed by atoms with E-state index in [1.165, 1.54) is 6.07 Å². The average molecular weight is 294 g/mol. The molecule has 0 spiro atoms. The van der Waals surface area contributed by atoms with Gasteiger partial charge in [0.1, 0.15) is 5.02 Å². The Bertz CT molecular complexity index is 602. The largest absolute Gasteiger partial charge is 0.397 e. The predicted octanol–water partition coefficient (Wildman–Crippen LogP) is 3.69. The summed E-state index contributed by atoms with van der Waals surface area (Å²) in [6.45, 7) is 1.95. The Labute approximate surface area is 122 Å². The summed E-state index contributed by atoms with van der Waals surface area (Å²) < 4.78 is 14.1. The summed E-state index contributed by atoms with van der Waals surface area (Å²) in [5, 5.41) is 2.95. The molecule has 0 aromatic heterocycles. The van der Waals surface area contributed by atoms with Crippen molar-refractivity contribution in [2.24, 2.45) is 0 Å². The molecule has 1 atom stereocenters. The molecule has 0 bridgehead atoms. The van der Waals surface area contributed by atoms with Gasteiger partial charge in [-0.1, -0.05) is 41.9 Å². The fourth-order valence-electron chi connectivity index (χ4n) is 2.08. The first kappa shape index (κ1) is 14.5. The van der Waals surface area contributed by atoms with Crippen LogP contribution in [0.4, 0.5) is 21.5 Å². The van der Waals surface area contributed by atoms with Crippen LogP contribution in [-0.4, -0.2) is 6.04 Å². The summed E-state index contributed by atoms with van der Waals surface area (Å²) in [5.41, 5.74) is 13.1. The maximum Gasteiger partial charge on any atom is 0.169 e. The Morgan fingerprint density at radius 2 is 1.85 bits per heavy atom. The molecule has 0 aliphatic carbocycles. The minimum atomic E-state index is -0.607. The molecule has 0 fully saturated rings. The Morgan fingerprint density at radius 3 is 2.50 bits per heavy atom. The van der Waals surface area contributed by atoms with Gasteiger partial charge in [-0.15, -0.1) is 0 Å². The normalized spacial score (nSPS) is 12.2. The van der Waals surface area contributed by atoms with Crippen LogP contribution in [0, 0.1) is 5.82 Å². The monoisotopic (exact) mass is 293 g/mol. The maximum atomic E-state index is 14.1. The summed E-state index contributed by atoms with van der Waals surface area (Å²) in [6, 6.07) is 11.4. The minimum absolute atomic E-state index is 0.00823. The van der Waals surface area contributed by atoms with Gasteiger partial charge >= 0.3 is 0 Å². The van der Waals surface area contributed by atoms with Crippen LogP contribution in [0.5, 0.6) is 0 Å². The lowest BCUT2D eigenvalue weighted by Crippen LogP contribution is -2.20. The fraction of sp³-hybridized carbons (Fsp3) is 0.200. The van der Waals surface area contributed by atoms with Crippen molar-refractivity contribution >= 4 is 28.7 Å². The standard InChI is InChI=1S/C15H17ClFN3/c1-9(7-10-5-3-2-4-6-10)20-15-12(19)8-11(18)13(16)14(15)17/h2-6,8-9,20H,7,18-19H2,1H3. The summed E-state index contributed by atoms with van der Waals surface area (Å²) in [5.74, 6) is -0.607. The zero-order chi connectivity index (χ0) is 14.7. The number of nitrogens with one attached hydrogen (secondary N) is 1. The third-order valence-electron chi connectivity index (χ3n) is 3.04. The second kappa shape index (κ2) is 6.01. The number of hydrogen-bond acceptors (Lipinski definition) is 3. The highest BCUT2D eigenvalue weighted by Crippen LogP contribution is 2.34. The van der Waals surface area contributed by atoms with Gasteiger partial charge in [-0.3, -0.25) is 0 Å². The summed E-state index contributed by atoms with van der Waals surface area (Å²) in [4.78, 5) is 0. The number of anilines is 3. The van der Waals surface area contributed by atoms with Crippen LogP contribution >= 0.6 is 11.6 Å². The molecule has 5 heteroatoms. The molecule has 106 valence electrons. The first-order valence-corrected chi connectivity index (χ1v) is 6.70. The van der Waals surface area contributed by atoms with E-state index in [1.54, 1.807) is 0 Å². The van der Waals surface area contributed by atoms with Crippen molar-refractivity contribution in [1.29, 1.82) is 0 Å². The molecule has 0 heterocycles. The molecule has 0 aliphatic heterocycles. The van der Waals surface area contributed by atoms with Gasteiger partial charge in [0.15, 0.2) is 5.82 Å². The SMILES string of the molecule is CC(Cc1ccccc1)Nc1c(N)cc(N)c(Cl)c1F. The Kier molecular flexibility index (Phi) is 4.35.